The second-order valence-corrected chi connectivity index (χ2v) is 4.49. The Balaban J connectivity index is 2.44. The molecule has 0 aliphatic rings. The van der Waals surface area contributed by atoms with Crippen LogP contribution in [0.5, 0.6) is 0 Å². The Morgan fingerprint density at radius 3 is 2.59 bits per heavy atom. The lowest BCUT2D eigenvalue weighted by molar-refractivity contribution is 0.756. The van der Waals surface area contributed by atoms with Crippen LogP contribution in [0.25, 0.3) is 10.8 Å². The highest BCUT2D eigenvalue weighted by Crippen LogP contribution is 2.27. The van der Waals surface area contributed by atoms with E-state index in [9.17, 15) is 0 Å². The van der Waals surface area contributed by atoms with Crippen molar-refractivity contribution < 1.29 is 0 Å². The van der Waals surface area contributed by atoms with Crippen molar-refractivity contribution in [2.75, 3.05) is 18.5 Å². The minimum atomic E-state index is 0.466. The van der Waals surface area contributed by atoms with E-state index in [1.807, 2.05) is 31.3 Å². The van der Waals surface area contributed by atoms with Crippen LogP contribution in [-0.2, 0) is 0 Å². The fourth-order valence-corrected chi connectivity index (χ4v) is 2.04. The zero-order valence-electron chi connectivity index (χ0n) is 10.2. The van der Waals surface area contributed by atoms with Crippen molar-refractivity contribution in [3.63, 3.8) is 0 Å². The molecule has 0 bridgehead atoms. The summed E-state index contributed by atoms with van der Waals surface area (Å²) in [5.41, 5.74) is 0. The van der Waals surface area contributed by atoms with Crippen molar-refractivity contribution in [2.24, 2.45) is 0 Å². The summed E-state index contributed by atoms with van der Waals surface area (Å²) < 4.78 is 0. The summed E-state index contributed by atoms with van der Waals surface area (Å²) in [6, 6.07) is 7.97. The van der Waals surface area contributed by atoms with Crippen LogP contribution >= 0.6 is 11.6 Å². The molecule has 0 saturated carbocycles. The van der Waals surface area contributed by atoms with Gasteiger partial charge in [0.2, 0.25) is 0 Å². The van der Waals surface area contributed by atoms with Gasteiger partial charge in [-0.3, -0.25) is 0 Å². The van der Waals surface area contributed by atoms with E-state index in [0.29, 0.717) is 5.15 Å². The van der Waals surface area contributed by atoms with Crippen LogP contribution in [0.2, 0.25) is 5.15 Å². The average molecular weight is 250 g/mol. The van der Waals surface area contributed by atoms with Crippen LogP contribution in [0.4, 0.5) is 5.82 Å². The first-order valence-corrected chi connectivity index (χ1v) is 6.24. The molecule has 0 radical (unpaired) electrons. The van der Waals surface area contributed by atoms with Gasteiger partial charge >= 0.3 is 0 Å². The number of anilines is 1. The van der Waals surface area contributed by atoms with Crippen LogP contribution < -0.4 is 4.90 Å². The van der Waals surface area contributed by atoms with Gasteiger partial charge in [-0.2, -0.15) is 0 Å². The van der Waals surface area contributed by atoms with Gasteiger partial charge in [0, 0.05) is 24.4 Å². The smallest absolute Gasteiger partial charge is 0.159 e. The van der Waals surface area contributed by atoms with Crippen molar-refractivity contribution in [1.82, 2.24) is 10.2 Å². The standard InChI is InChI=1S/C13H16ClN3/c1-3-4-9-17(2)13-11-8-6-5-7-10(11)12(14)15-16-13/h5-8H,3-4,9H2,1-2H3. The fraction of sp³-hybridized carbons (Fsp3) is 0.385. The number of hydrogen-bond acceptors (Lipinski definition) is 3. The van der Waals surface area contributed by atoms with E-state index in [2.05, 4.69) is 22.0 Å². The number of halogens is 1. The molecule has 1 aromatic heterocycles. The first-order valence-electron chi connectivity index (χ1n) is 5.86. The Hall–Kier alpha value is -1.35. The first kappa shape index (κ1) is 12.1. The molecule has 1 aromatic carbocycles. The van der Waals surface area contributed by atoms with Crippen molar-refractivity contribution in [3.8, 4) is 0 Å². The third-order valence-electron chi connectivity index (χ3n) is 2.83. The van der Waals surface area contributed by atoms with Gasteiger partial charge in [-0.25, -0.2) is 0 Å². The van der Waals surface area contributed by atoms with Crippen molar-refractivity contribution in [3.05, 3.63) is 29.4 Å². The molecule has 0 aliphatic heterocycles. The Morgan fingerprint density at radius 2 is 1.88 bits per heavy atom. The van der Waals surface area contributed by atoms with E-state index >= 15 is 0 Å². The molecule has 0 fully saturated rings. The zero-order valence-corrected chi connectivity index (χ0v) is 10.9. The second kappa shape index (κ2) is 5.32. The van der Waals surface area contributed by atoms with Gasteiger partial charge in [0.1, 0.15) is 0 Å². The molecule has 2 aromatic rings. The highest BCUT2D eigenvalue weighted by molar-refractivity contribution is 6.34. The van der Waals surface area contributed by atoms with Gasteiger partial charge in [0.15, 0.2) is 11.0 Å². The zero-order chi connectivity index (χ0) is 12.3. The lowest BCUT2D eigenvalue weighted by atomic mass is 10.2. The van der Waals surface area contributed by atoms with E-state index in [4.69, 9.17) is 11.6 Å². The summed E-state index contributed by atoms with van der Waals surface area (Å²) >= 11 is 6.05. The number of rotatable bonds is 4. The maximum Gasteiger partial charge on any atom is 0.159 e. The molecule has 3 nitrogen and oxygen atoms in total. The van der Waals surface area contributed by atoms with E-state index in [1.165, 1.54) is 6.42 Å². The topological polar surface area (TPSA) is 29.0 Å². The van der Waals surface area contributed by atoms with Gasteiger partial charge in [-0.05, 0) is 6.42 Å². The van der Waals surface area contributed by atoms with E-state index in [-0.39, 0.29) is 0 Å². The first-order chi connectivity index (χ1) is 8.24. The van der Waals surface area contributed by atoms with Gasteiger partial charge in [-0.15, -0.1) is 10.2 Å². The highest BCUT2D eigenvalue weighted by atomic mass is 35.5. The quantitative estimate of drug-likeness (QED) is 0.830. The van der Waals surface area contributed by atoms with Crippen LogP contribution in [0.3, 0.4) is 0 Å². The molecule has 90 valence electrons. The van der Waals surface area contributed by atoms with Gasteiger partial charge in [0.05, 0.1) is 0 Å². The van der Waals surface area contributed by atoms with E-state index < -0.39 is 0 Å². The molecule has 0 spiro atoms. The van der Waals surface area contributed by atoms with Gasteiger partial charge in [-0.1, -0.05) is 49.2 Å². The van der Waals surface area contributed by atoms with Gasteiger partial charge < -0.3 is 4.90 Å². The van der Waals surface area contributed by atoms with Crippen LogP contribution in [-0.4, -0.2) is 23.8 Å². The number of benzene rings is 1. The lowest BCUT2D eigenvalue weighted by Gasteiger charge is -2.19. The molecule has 0 saturated heterocycles. The monoisotopic (exact) mass is 249 g/mol. The number of nitrogens with zero attached hydrogens (tertiary/aromatic N) is 3. The summed E-state index contributed by atoms with van der Waals surface area (Å²) in [4.78, 5) is 2.13. The van der Waals surface area contributed by atoms with Crippen molar-refractivity contribution in [1.29, 1.82) is 0 Å². The SMILES string of the molecule is CCCCN(C)c1nnc(Cl)c2ccccc12. The Kier molecular flexibility index (Phi) is 3.79. The van der Waals surface area contributed by atoms with E-state index in [0.717, 1.165) is 29.6 Å². The Bertz CT molecular complexity index is 513. The third kappa shape index (κ3) is 2.50. The summed E-state index contributed by atoms with van der Waals surface area (Å²) in [5, 5.41) is 10.7. The Labute approximate surface area is 106 Å². The van der Waals surface area contributed by atoms with Crippen LogP contribution in [0, 0.1) is 0 Å². The summed E-state index contributed by atoms with van der Waals surface area (Å²) in [6.07, 6.45) is 2.32. The predicted molar refractivity (Wildman–Crippen MR) is 72.7 cm³/mol. The summed E-state index contributed by atoms with van der Waals surface area (Å²) in [5.74, 6) is 0.901. The maximum atomic E-state index is 6.05. The van der Waals surface area contributed by atoms with Gasteiger partial charge in [0.25, 0.3) is 0 Å². The number of aromatic nitrogens is 2. The number of hydrogen-bond donors (Lipinski definition) is 0. The number of unbranched alkanes of at least 4 members (excludes halogenated alkanes) is 1. The molecule has 0 amide bonds. The molecular formula is C13H16ClN3. The van der Waals surface area contributed by atoms with E-state index in [1.54, 1.807) is 0 Å². The fourth-order valence-electron chi connectivity index (χ4n) is 1.84. The van der Waals surface area contributed by atoms with Crippen molar-refractivity contribution >= 4 is 28.2 Å². The molecule has 4 heteroatoms. The molecular weight excluding hydrogens is 234 g/mol. The molecule has 0 N–H and O–H groups in total. The lowest BCUT2D eigenvalue weighted by Crippen LogP contribution is -2.20. The molecule has 0 unspecified atom stereocenters. The molecule has 0 aliphatic carbocycles. The van der Waals surface area contributed by atoms with Crippen LogP contribution in [0.1, 0.15) is 19.8 Å². The largest absolute Gasteiger partial charge is 0.358 e. The second-order valence-electron chi connectivity index (χ2n) is 4.14. The minimum Gasteiger partial charge on any atom is -0.358 e. The summed E-state index contributed by atoms with van der Waals surface area (Å²) in [6.45, 7) is 3.16. The molecule has 0 atom stereocenters. The highest BCUT2D eigenvalue weighted by Gasteiger charge is 2.10. The number of fused-ring (bicyclic) bond motifs is 1. The van der Waals surface area contributed by atoms with Crippen LogP contribution in [0.15, 0.2) is 24.3 Å². The maximum absolute atomic E-state index is 6.05. The average Bonchev–Trinajstić information content (AvgIpc) is 2.37. The molecule has 2 rings (SSSR count). The normalized spacial score (nSPS) is 10.8. The van der Waals surface area contributed by atoms with Crippen molar-refractivity contribution in [2.45, 2.75) is 19.8 Å². The Morgan fingerprint density at radius 1 is 1.18 bits per heavy atom. The predicted octanol–water partition coefficient (Wildman–Crippen LogP) is 3.52. The molecule has 17 heavy (non-hydrogen) atoms. The molecule has 1 heterocycles. The summed E-state index contributed by atoms with van der Waals surface area (Å²) in [7, 11) is 2.04. The minimum absolute atomic E-state index is 0.466. The third-order valence-corrected chi connectivity index (χ3v) is 3.11.